The number of hydrogen-bond acceptors (Lipinski definition) is 3. The van der Waals surface area contributed by atoms with Crippen molar-refractivity contribution in [2.45, 2.75) is 0 Å². The molecule has 6 heteroatoms. The van der Waals surface area contributed by atoms with Gasteiger partial charge < -0.3 is 15.8 Å². The summed E-state index contributed by atoms with van der Waals surface area (Å²) >= 11 is 0. The number of rotatable bonds is 3. The SMILES string of the molecule is COc1ccc(N)c(Nc2cc(F)c(F)c(F)c2)c1. The van der Waals surface area contributed by atoms with E-state index in [9.17, 15) is 13.2 Å². The molecule has 2 aromatic carbocycles. The highest BCUT2D eigenvalue weighted by molar-refractivity contribution is 5.74. The zero-order valence-electron chi connectivity index (χ0n) is 10.0. The van der Waals surface area contributed by atoms with Crippen LogP contribution in [0.5, 0.6) is 5.75 Å². The van der Waals surface area contributed by atoms with Gasteiger partial charge in [-0.1, -0.05) is 0 Å². The Morgan fingerprint density at radius 1 is 1.05 bits per heavy atom. The highest BCUT2D eigenvalue weighted by Gasteiger charge is 2.11. The minimum atomic E-state index is -1.51. The highest BCUT2D eigenvalue weighted by atomic mass is 19.2. The quantitative estimate of drug-likeness (QED) is 0.662. The van der Waals surface area contributed by atoms with Gasteiger partial charge in [0, 0.05) is 23.9 Å². The predicted molar refractivity (Wildman–Crippen MR) is 67.0 cm³/mol. The van der Waals surface area contributed by atoms with Crippen LogP contribution in [0.1, 0.15) is 0 Å². The largest absolute Gasteiger partial charge is 0.497 e. The molecule has 0 fully saturated rings. The van der Waals surface area contributed by atoms with E-state index in [1.807, 2.05) is 0 Å². The summed E-state index contributed by atoms with van der Waals surface area (Å²) in [7, 11) is 1.48. The lowest BCUT2D eigenvalue weighted by Crippen LogP contribution is -1.99. The van der Waals surface area contributed by atoms with Crippen molar-refractivity contribution in [3.05, 3.63) is 47.8 Å². The van der Waals surface area contributed by atoms with E-state index in [0.29, 0.717) is 17.1 Å². The molecule has 3 N–H and O–H groups in total. The van der Waals surface area contributed by atoms with Gasteiger partial charge in [0.25, 0.3) is 0 Å². The van der Waals surface area contributed by atoms with Crippen LogP contribution in [0.15, 0.2) is 30.3 Å². The van der Waals surface area contributed by atoms with E-state index in [4.69, 9.17) is 10.5 Å². The maximum Gasteiger partial charge on any atom is 0.194 e. The molecular formula is C13H11F3N2O. The molecule has 0 unspecified atom stereocenters. The van der Waals surface area contributed by atoms with E-state index in [0.717, 1.165) is 12.1 Å². The molecule has 0 spiro atoms. The van der Waals surface area contributed by atoms with Gasteiger partial charge >= 0.3 is 0 Å². The van der Waals surface area contributed by atoms with Crippen molar-refractivity contribution in [1.82, 2.24) is 0 Å². The summed E-state index contributed by atoms with van der Waals surface area (Å²) in [4.78, 5) is 0. The van der Waals surface area contributed by atoms with Gasteiger partial charge in [-0.2, -0.15) is 0 Å². The Morgan fingerprint density at radius 2 is 1.68 bits per heavy atom. The van der Waals surface area contributed by atoms with Crippen molar-refractivity contribution in [1.29, 1.82) is 0 Å². The van der Waals surface area contributed by atoms with Gasteiger partial charge in [-0.3, -0.25) is 0 Å². The van der Waals surface area contributed by atoms with Crippen LogP contribution < -0.4 is 15.8 Å². The molecule has 3 nitrogen and oxygen atoms in total. The van der Waals surface area contributed by atoms with E-state index in [2.05, 4.69) is 5.32 Å². The third kappa shape index (κ3) is 2.73. The summed E-state index contributed by atoms with van der Waals surface area (Å²) in [5.74, 6) is -3.53. The first kappa shape index (κ1) is 13.1. The maximum atomic E-state index is 13.1. The Bertz CT molecular complexity index is 594. The molecule has 0 heterocycles. The molecule has 0 aliphatic carbocycles. The van der Waals surface area contributed by atoms with Gasteiger partial charge in [0.15, 0.2) is 17.5 Å². The lowest BCUT2D eigenvalue weighted by atomic mass is 10.2. The van der Waals surface area contributed by atoms with E-state index in [1.54, 1.807) is 18.2 Å². The van der Waals surface area contributed by atoms with Crippen LogP contribution in [0.4, 0.5) is 30.2 Å². The number of nitrogens with one attached hydrogen (secondary N) is 1. The smallest absolute Gasteiger partial charge is 0.194 e. The molecular weight excluding hydrogens is 257 g/mol. The molecule has 0 saturated heterocycles. The molecule has 0 atom stereocenters. The highest BCUT2D eigenvalue weighted by Crippen LogP contribution is 2.28. The maximum absolute atomic E-state index is 13.1. The minimum Gasteiger partial charge on any atom is -0.497 e. The molecule has 2 rings (SSSR count). The van der Waals surface area contributed by atoms with Crippen LogP contribution >= 0.6 is 0 Å². The van der Waals surface area contributed by atoms with Crippen molar-refractivity contribution < 1.29 is 17.9 Å². The summed E-state index contributed by atoms with van der Waals surface area (Å²) in [5, 5.41) is 2.70. The van der Waals surface area contributed by atoms with Crippen molar-refractivity contribution in [2.75, 3.05) is 18.2 Å². The van der Waals surface area contributed by atoms with Crippen LogP contribution in [-0.4, -0.2) is 7.11 Å². The standard InChI is InChI=1S/C13H11F3N2O/c1-19-8-2-3-11(17)12(6-8)18-7-4-9(14)13(16)10(15)5-7/h2-6,18H,17H2,1H3. The number of nitrogen functional groups attached to an aromatic ring is 1. The fourth-order valence-corrected chi connectivity index (χ4v) is 1.55. The summed E-state index contributed by atoms with van der Waals surface area (Å²) in [5.41, 5.74) is 6.54. The Hall–Kier alpha value is -2.37. The third-order valence-electron chi connectivity index (χ3n) is 2.52. The molecule has 0 radical (unpaired) electrons. The van der Waals surface area contributed by atoms with E-state index < -0.39 is 17.5 Å². The van der Waals surface area contributed by atoms with Crippen LogP contribution in [-0.2, 0) is 0 Å². The molecule has 0 amide bonds. The number of benzene rings is 2. The number of ether oxygens (including phenoxy) is 1. The third-order valence-corrected chi connectivity index (χ3v) is 2.52. The number of anilines is 3. The average molecular weight is 268 g/mol. The Morgan fingerprint density at radius 3 is 2.26 bits per heavy atom. The Kier molecular flexibility index (Phi) is 3.50. The molecule has 0 saturated carbocycles. The molecule has 2 aromatic rings. The Balaban J connectivity index is 2.36. The van der Waals surface area contributed by atoms with Gasteiger partial charge in [0.1, 0.15) is 5.75 Å². The second-order valence-electron chi connectivity index (χ2n) is 3.83. The van der Waals surface area contributed by atoms with Crippen molar-refractivity contribution in [3.63, 3.8) is 0 Å². The number of hydrogen-bond donors (Lipinski definition) is 2. The monoisotopic (exact) mass is 268 g/mol. The zero-order valence-corrected chi connectivity index (χ0v) is 10.0. The summed E-state index contributed by atoms with van der Waals surface area (Å²) in [6.07, 6.45) is 0. The predicted octanol–water partition coefficient (Wildman–Crippen LogP) is 3.44. The van der Waals surface area contributed by atoms with Gasteiger partial charge in [-0.05, 0) is 12.1 Å². The second kappa shape index (κ2) is 5.09. The van der Waals surface area contributed by atoms with Crippen molar-refractivity contribution in [2.24, 2.45) is 0 Å². The van der Waals surface area contributed by atoms with Crippen LogP contribution in [0, 0.1) is 17.5 Å². The fraction of sp³-hybridized carbons (Fsp3) is 0.0769. The zero-order chi connectivity index (χ0) is 14.0. The van der Waals surface area contributed by atoms with Crippen LogP contribution in [0.2, 0.25) is 0 Å². The van der Waals surface area contributed by atoms with Gasteiger partial charge in [-0.25, -0.2) is 13.2 Å². The van der Waals surface area contributed by atoms with Crippen molar-refractivity contribution >= 4 is 17.1 Å². The molecule has 0 aromatic heterocycles. The lowest BCUT2D eigenvalue weighted by Gasteiger charge is -2.11. The molecule has 0 aliphatic heterocycles. The van der Waals surface area contributed by atoms with Crippen LogP contribution in [0.3, 0.4) is 0 Å². The number of halogens is 3. The topological polar surface area (TPSA) is 47.3 Å². The number of methoxy groups -OCH3 is 1. The second-order valence-corrected chi connectivity index (χ2v) is 3.83. The molecule has 0 aliphatic rings. The minimum absolute atomic E-state index is 0.0522. The number of nitrogens with two attached hydrogens (primary N) is 1. The Labute approximate surface area is 107 Å². The van der Waals surface area contributed by atoms with Gasteiger partial charge in [0.05, 0.1) is 18.5 Å². The lowest BCUT2D eigenvalue weighted by molar-refractivity contribution is 0.415. The van der Waals surface area contributed by atoms with Gasteiger partial charge in [0.2, 0.25) is 0 Å². The van der Waals surface area contributed by atoms with E-state index in [1.165, 1.54) is 7.11 Å². The summed E-state index contributed by atoms with van der Waals surface area (Å²) in [6, 6.07) is 6.48. The van der Waals surface area contributed by atoms with Crippen LogP contribution in [0.25, 0.3) is 0 Å². The average Bonchev–Trinajstić information content (AvgIpc) is 2.38. The first-order chi connectivity index (χ1) is 9.01. The molecule has 0 bridgehead atoms. The molecule has 19 heavy (non-hydrogen) atoms. The molecule has 100 valence electrons. The first-order valence-electron chi connectivity index (χ1n) is 5.36. The normalized spacial score (nSPS) is 10.3. The van der Waals surface area contributed by atoms with Gasteiger partial charge in [-0.15, -0.1) is 0 Å². The summed E-state index contributed by atoms with van der Waals surface area (Å²) in [6.45, 7) is 0. The fourth-order valence-electron chi connectivity index (χ4n) is 1.55. The van der Waals surface area contributed by atoms with E-state index in [-0.39, 0.29) is 5.69 Å². The summed E-state index contributed by atoms with van der Waals surface area (Å²) < 4.78 is 44.0. The first-order valence-corrected chi connectivity index (χ1v) is 5.36. The van der Waals surface area contributed by atoms with E-state index >= 15 is 0 Å². The van der Waals surface area contributed by atoms with Crippen molar-refractivity contribution in [3.8, 4) is 5.75 Å².